The first-order valence-corrected chi connectivity index (χ1v) is 8.68. The molecule has 0 aromatic heterocycles. The van der Waals surface area contributed by atoms with E-state index >= 15 is 0 Å². The second-order valence-electron chi connectivity index (χ2n) is 6.45. The number of fused-ring (bicyclic) bond motifs is 1. The first-order valence-electron chi connectivity index (χ1n) is 8.68. The number of nitrogens with zero attached hydrogens (tertiary/aromatic N) is 1. The molecule has 1 N–H and O–H groups in total. The molecule has 2 aliphatic heterocycles. The molecule has 27 heavy (non-hydrogen) atoms. The van der Waals surface area contributed by atoms with Gasteiger partial charge in [-0.25, -0.2) is 9.59 Å². The lowest BCUT2D eigenvalue weighted by atomic mass is 10.1. The number of nitrogens with one attached hydrogen (secondary N) is 1. The number of esters is 2. The van der Waals surface area contributed by atoms with Crippen molar-refractivity contribution in [3.8, 4) is 0 Å². The van der Waals surface area contributed by atoms with Crippen molar-refractivity contribution in [3.05, 3.63) is 47.5 Å². The maximum Gasteiger partial charge on any atom is 0.410 e. The molecule has 0 unspecified atom stereocenters. The van der Waals surface area contributed by atoms with E-state index in [-0.39, 0.29) is 18.7 Å². The number of amides is 1. The average molecular weight is 374 g/mol. The number of hydrogen-bond donors (Lipinski definition) is 1. The lowest BCUT2D eigenvalue weighted by molar-refractivity contribution is -0.142. The third kappa shape index (κ3) is 4.28. The van der Waals surface area contributed by atoms with Crippen LogP contribution in [0.5, 0.6) is 0 Å². The van der Waals surface area contributed by atoms with Crippen molar-refractivity contribution < 1.29 is 28.6 Å². The minimum Gasteiger partial charge on any atom is -0.468 e. The smallest absolute Gasteiger partial charge is 0.410 e. The Balaban J connectivity index is 1.56. The Labute approximate surface area is 157 Å². The maximum absolute atomic E-state index is 12.4. The standard InChI is InChI=1S/C19H22N2O6/c1-3-6-26-17(22)12-4-5-13-10-21(11-14(13)7-12)19(24)27-15-8-16(20-9-15)18(23)25-2/h3-5,7,15-16,20H,1,6,8-11H2,2H3/t15-,16+/m1/s1. The highest BCUT2D eigenvalue weighted by Crippen LogP contribution is 2.25. The number of carbonyl (C=O) groups is 3. The van der Waals surface area contributed by atoms with Crippen molar-refractivity contribution >= 4 is 18.0 Å². The van der Waals surface area contributed by atoms with Crippen molar-refractivity contribution in [1.29, 1.82) is 0 Å². The lowest BCUT2D eigenvalue weighted by Gasteiger charge is -2.18. The summed E-state index contributed by atoms with van der Waals surface area (Å²) >= 11 is 0. The molecule has 0 aliphatic carbocycles. The van der Waals surface area contributed by atoms with E-state index in [9.17, 15) is 14.4 Å². The van der Waals surface area contributed by atoms with Crippen LogP contribution in [0.25, 0.3) is 0 Å². The SMILES string of the molecule is C=CCOC(=O)c1ccc2c(c1)CN(C(=O)O[C@H]1CN[C@H](C(=O)OC)C1)C2. The van der Waals surface area contributed by atoms with Gasteiger partial charge in [-0.1, -0.05) is 18.7 Å². The topological polar surface area (TPSA) is 94.2 Å². The van der Waals surface area contributed by atoms with E-state index in [1.807, 2.05) is 6.07 Å². The second kappa shape index (κ2) is 8.22. The summed E-state index contributed by atoms with van der Waals surface area (Å²) < 4.78 is 15.2. The normalized spacial score (nSPS) is 20.7. The number of hydrogen-bond acceptors (Lipinski definition) is 7. The zero-order valence-electron chi connectivity index (χ0n) is 15.1. The summed E-state index contributed by atoms with van der Waals surface area (Å²) in [6, 6.07) is 4.78. The molecular formula is C19H22N2O6. The van der Waals surface area contributed by atoms with Crippen LogP contribution in [0.4, 0.5) is 4.79 Å². The van der Waals surface area contributed by atoms with Crippen molar-refractivity contribution in [2.75, 3.05) is 20.3 Å². The van der Waals surface area contributed by atoms with E-state index in [2.05, 4.69) is 16.6 Å². The van der Waals surface area contributed by atoms with Crippen LogP contribution in [0.2, 0.25) is 0 Å². The van der Waals surface area contributed by atoms with Crippen LogP contribution in [-0.2, 0) is 32.1 Å². The van der Waals surface area contributed by atoms with Crippen molar-refractivity contribution in [3.63, 3.8) is 0 Å². The summed E-state index contributed by atoms with van der Waals surface area (Å²) in [6.45, 7) is 4.84. The van der Waals surface area contributed by atoms with Crippen LogP contribution < -0.4 is 5.32 Å². The zero-order chi connectivity index (χ0) is 19.4. The number of carbonyl (C=O) groups excluding carboxylic acids is 3. The van der Waals surface area contributed by atoms with Crippen LogP contribution in [0, 0.1) is 0 Å². The molecule has 2 atom stereocenters. The van der Waals surface area contributed by atoms with Crippen LogP contribution in [0.15, 0.2) is 30.9 Å². The van der Waals surface area contributed by atoms with E-state index in [1.165, 1.54) is 13.2 Å². The molecule has 2 heterocycles. The Bertz CT molecular complexity index is 763. The monoisotopic (exact) mass is 374 g/mol. The Morgan fingerprint density at radius 3 is 2.81 bits per heavy atom. The molecule has 1 aromatic carbocycles. The van der Waals surface area contributed by atoms with Crippen LogP contribution in [0.3, 0.4) is 0 Å². The molecule has 144 valence electrons. The van der Waals surface area contributed by atoms with Gasteiger partial charge in [-0.2, -0.15) is 0 Å². The quantitative estimate of drug-likeness (QED) is 0.473. The molecule has 1 fully saturated rings. The van der Waals surface area contributed by atoms with Gasteiger partial charge in [0, 0.05) is 26.1 Å². The Morgan fingerprint density at radius 1 is 1.30 bits per heavy atom. The molecule has 1 aromatic rings. The fraction of sp³-hybridized carbons (Fsp3) is 0.421. The van der Waals surface area contributed by atoms with Gasteiger partial charge in [0.25, 0.3) is 0 Å². The van der Waals surface area contributed by atoms with Crippen LogP contribution in [-0.4, -0.2) is 55.3 Å². The van der Waals surface area contributed by atoms with Gasteiger partial charge >= 0.3 is 18.0 Å². The third-order valence-electron chi connectivity index (χ3n) is 4.60. The first-order chi connectivity index (χ1) is 13.0. The number of benzene rings is 1. The van der Waals surface area contributed by atoms with Gasteiger partial charge in [-0.15, -0.1) is 0 Å². The van der Waals surface area contributed by atoms with Crippen LogP contribution in [0.1, 0.15) is 27.9 Å². The molecule has 0 radical (unpaired) electrons. The highest BCUT2D eigenvalue weighted by Gasteiger charge is 2.34. The first kappa shape index (κ1) is 18.9. The lowest BCUT2D eigenvalue weighted by Crippen LogP contribution is -2.31. The zero-order valence-corrected chi connectivity index (χ0v) is 15.1. The van der Waals surface area contributed by atoms with E-state index < -0.39 is 18.1 Å². The summed E-state index contributed by atoms with van der Waals surface area (Å²) in [7, 11) is 1.33. The van der Waals surface area contributed by atoms with Gasteiger partial charge in [0.1, 0.15) is 18.8 Å². The highest BCUT2D eigenvalue weighted by atomic mass is 16.6. The van der Waals surface area contributed by atoms with Gasteiger partial charge in [0.15, 0.2) is 0 Å². The molecular weight excluding hydrogens is 352 g/mol. The number of methoxy groups -OCH3 is 1. The number of ether oxygens (including phenoxy) is 3. The molecule has 1 amide bonds. The van der Waals surface area contributed by atoms with Gasteiger partial charge in [0.05, 0.1) is 12.7 Å². The molecule has 3 rings (SSSR count). The summed E-state index contributed by atoms with van der Waals surface area (Å²) in [5, 5.41) is 2.98. The predicted octanol–water partition coefficient (Wildman–Crippen LogP) is 1.39. The van der Waals surface area contributed by atoms with Gasteiger partial charge in [0.2, 0.25) is 0 Å². The Kier molecular flexibility index (Phi) is 5.75. The molecule has 1 saturated heterocycles. The van der Waals surface area contributed by atoms with Gasteiger partial charge in [-0.05, 0) is 23.3 Å². The largest absolute Gasteiger partial charge is 0.468 e. The van der Waals surface area contributed by atoms with E-state index in [4.69, 9.17) is 9.47 Å². The third-order valence-corrected chi connectivity index (χ3v) is 4.60. The van der Waals surface area contributed by atoms with Crippen molar-refractivity contribution in [1.82, 2.24) is 10.2 Å². The second-order valence-corrected chi connectivity index (χ2v) is 6.45. The van der Waals surface area contributed by atoms with Gasteiger partial charge in [-0.3, -0.25) is 9.69 Å². The summed E-state index contributed by atoms with van der Waals surface area (Å²) in [4.78, 5) is 37.5. The number of rotatable bonds is 5. The molecule has 0 bridgehead atoms. The Morgan fingerprint density at radius 2 is 2.07 bits per heavy atom. The molecule has 8 heteroatoms. The molecule has 0 spiro atoms. The highest BCUT2D eigenvalue weighted by molar-refractivity contribution is 5.90. The fourth-order valence-electron chi connectivity index (χ4n) is 3.20. The molecule has 2 aliphatic rings. The minimum atomic E-state index is -0.451. The van der Waals surface area contributed by atoms with E-state index in [1.54, 1.807) is 17.0 Å². The van der Waals surface area contributed by atoms with Crippen molar-refractivity contribution in [2.45, 2.75) is 31.7 Å². The summed E-state index contributed by atoms with van der Waals surface area (Å²) in [5.74, 6) is -0.789. The van der Waals surface area contributed by atoms with E-state index in [0.717, 1.165) is 11.1 Å². The van der Waals surface area contributed by atoms with Crippen molar-refractivity contribution in [2.24, 2.45) is 0 Å². The molecule has 0 saturated carbocycles. The maximum atomic E-state index is 12.4. The van der Waals surface area contributed by atoms with E-state index in [0.29, 0.717) is 31.6 Å². The minimum absolute atomic E-state index is 0.149. The molecule has 8 nitrogen and oxygen atoms in total. The predicted molar refractivity (Wildman–Crippen MR) is 94.9 cm³/mol. The average Bonchev–Trinajstić information content (AvgIpc) is 3.31. The van der Waals surface area contributed by atoms with Gasteiger partial charge < -0.3 is 19.5 Å². The fourth-order valence-corrected chi connectivity index (χ4v) is 3.20. The summed E-state index contributed by atoms with van der Waals surface area (Å²) in [5.41, 5.74) is 2.29. The van der Waals surface area contributed by atoms with Crippen LogP contribution >= 0.6 is 0 Å². The summed E-state index contributed by atoms with van der Waals surface area (Å²) in [6.07, 6.45) is 1.07. The Hall–Kier alpha value is -2.87.